The smallest absolute Gasteiger partial charge is 0.0654 e. The zero-order chi connectivity index (χ0) is 10.7. The summed E-state index contributed by atoms with van der Waals surface area (Å²) in [7, 11) is 0. The van der Waals surface area contributed by atoms with Crippen molar-refractivity contribution in [3.63, 3.8) is 0 Å². The van der Waals surface area contributed by atoms with Crippen LogP contribution in [-0.4, -0.2) is 15.5 Å². The molecule has 0 bridgehead atoms. The van der Waals surface area contributed by atoms with Crippen molar-refractivity contribution in [3.8, 4) is 0 Å². The first-order valence-corrected chi connectivity index (χ1v) is 6.33. The monoisotopic (exact) mass is 266 g/mol. The van der Waals surface area contributed by atoms with Crippen molar-refractivity contribution >= 4 is 15.9 Å². The van der Waals surface area contributed by atoms with Gasteiger partial charge in [0.25, 0.3) is 0 Å². The summed E-state index contributed by atoms with van der Waals surface area (Å²) in [6.07, 6.45) is 1.81. The highest BCUT2D eigenvalue weighted by atomic mass is 79.9. The highest BCUT2D eigenvalue weighted by molar-refractivity contribution is 9.10. The minimum absolute atomic E-state index is 0.00627. The summed E-state index contributed by atoms with van der Waals surface area (Å²) < 4.78 is 0.154. The third kappa shape index (κ3) is 1.02. The molecule has 0 aromatic heterocycles. The van der Waals surface area contributed by atoms with E-state index in [9.17, 15) is 5.11 Å². The van der Waals surface area contributed by atoms with Crippen molar-refractivity contribution in [2.24, 2.45) is 5.92 Å². The van der Waals surface area contributed by atoms with Gasteiger partial charge in [-0.3, -0.25) is 0 Å². The van der Waals surface area contributed by atoms with Gasteiger partial charge in [-0.05, 0) is 24.3 Å². The van der Waals surface area contributed by atoms with Crippen LogP contribution >= 0.6 is 15.9 Å². The second-order valence-corrected chi connectivity index (χ2v) is 6.44. The number of aliphatic hydroxyl groups is 1. The van der Waals surface area contributed by atoms with Gasteiger partial charge in [0.15, 0.2) is 0 Å². The molecule has 15 heavy (non-hydrogen) atoms. The molecule has 0 amide bonds. The van der Waals surface area contributed by atoms with Gasteiger partial charge in [0.05, 0.1) is 6.10 Å². The SMILES string of the molecule is CC1CC(O)C2(c3ccccc3)CC12Br. The van der Waals surface area contributed by atoms with Crippen LogP contribution in [0.3, 0.4) is 0 Å². The Morgan fingerprint density at radius 1 is 1.33 bits per heavy atom. The van der Waals surface area contributed by atoms with E-state index in [4.69, 9.17) is 0 Å². The molecular weight excluding hydrogens is 252 g/mol. The molecule has 0 radical (unpaired) electrons. The molecule has 1 N–H and O–H groups in total. The predicted molar refractivity (Wildman–Crippen MR) is 64.2 cm³/mol. The maximum Gasteiger partial charge on any atom is 0.0654 e. The van der Waals surface area contributed by atoms with Crippen molar-refractivity contribution in [3.05, 3.63) is 35.9 Å². The van der Waals surface area contributed by atoms with E-state index in [1.807, 2.05) is 6.07 Å². The fourth-order valence-corrected chi connectivity index (χ4v) is 4.49. The molecule has 1 aromatic rings. The molecule has 2 aliphatic rings. The molecule has 0 spiro atoms. The third-order valence-corrected chi connectivity index (χ3v) is 6.14. The van der Waals surface area contributed by atoms with E-state index in [2.05, 4.69) is 47.1 Å². The fraction of sp³-hybridized carbons (Fsp3) is 0.538. The van der Waals surface area contributed by atoms with Crippen LogP contribution in [0.5, 0.6) is 0 Å². The maximum absolute atomic E-state index is 10.2. The summed E-state index contributed by atoms with van der Waals surface area (Å²) in [5, 5.41) is 10.2. The summed E-state index contributed by atoms with van der Waals surface area (Å²) in [4.78, 5) is 0. The Balaban J connectivity index is 2.07. The maximum atomic E-state index is 10.2. The first-order valence-electron chi connectivity index (χ1n) is 5.54. The second-order valence-electron chi connectivity index (χ2n) is 5.03. The van der Waals surface area contributed by atoms with Gasteiger partial charge in [0.2, 0.25) is 0 Å². The minimum atomic E-state index is -0.186. The lowest BCUT2D eigenvalue weighted by Crippen LogP contribution is -2.25. The number of fused-ring (bicyclic) bond motifs is 1. The quantitative estimate of drug-likeness (QED) is 0.776. The molecule has 0 saturated heterocycles. The molecule has 3 rings (SSSR count). The number of aliphatic hydroxyl groups excluding tert-OH is 1. The zero-order valence-corrected chi connectivity index (χ0v) is 10.4. The normalized spacial score (nSPS) is 47.7. The van der Waals surface area contributed by atoms with Crippen molar-refractivity contribution in [2.75, 3.05) is 0 Å². The molecule has 0 heterocycles. The molecule has 4 atom stereocenters. The molecule has 2 heteroatoms. The van der Waals surface area contributed by atoms with Crippen LogP contribution < -0.4 is 0 Å². The van der Waals surface area contributed by atoms with E-state index >= 15 is 0 Å². The van der Waals surface area contributed by atoms with Gasteiger partial charge < -0.3 is 5.11 Å². The van der Waals surface area contributed by atoms with Crippen LogP contribution in [0.2, 0.25) is 0 Å². The van der Waals surface area contributed by atoms with Gasteiger partial charge >= 0.3 is 0 Å². The number of benzene rings is 1. The van der Waals surface area contributed by atoms with E-state index in [1.165, 1.54) is 5.56 Å². The van der Waals surface area contributed by atoms with Crippen molar-refractivity contribution in [1.29, 1.82) is 0 Å². The standard InChI is InChI=1S/C13H15BrO/c1-9-7-11(15)12(8-13(9,12)14)10-5-3-2-4-6-10/h2-6,9,11,15H,7-8H2,1H3. The Hall–Kier alpha value is -0.340. The first-order chi connectivity index (χ1) is 7.11. The lowest BCUT2D eigenvalue weighted by Gasteiger charge is -2.19. The van der Waals surface area contributed by atoms with Crippen LogP contribution in [0.4, 0.5) is 0 Å². The largest absolute Gasteiger partial charge is 0.392 e. The van der Waals surface area contributed by atoms with E-state index in [1.54, 1.807) is 0 Å². The molecule has 2 aliphatic carbocycles. The Labute approximate surface area is 98.6 Å². The molecule has 80 valence electrons. The van der Waals surface area contributed by atoms with Crippen LogP contribution in [0.25, 0.3) is 0 Å². The second kappa shape index (κ2) is 2.86. The molecule has 1 nitrogen and oxygen atoms in total. The summed E-state index contributed by atoms with van der Waals surface area (Å²) >= 11 is 3.86. The first kappa shape index (κ1) is 9.86. The predicted octanol–water partition coefficient (Wildman–Crippen LogP) is 2.86. The Bertz CT molecular complexity index is 391. The molecule has 2 saturated carbocycles. The van der Waals surface area contributed by atoms with Crippen LogP contribution in [0.1, 0.15) is 25.3 Å². The van der Waals surface area contributed by atoms with Crippen LogP contribution in [0, 0.1) is 5.92 Å². The van der Waals surface area contributed by atoms with E-state index in [0.29, 0.717) is 5.92 Å². The molecule has 0 aliphatic heterocycles. The van der Waals surface area contributed by atoms with Gasteiger partial charge in [0, 0.05) is 9.74 Å². The fourth-order valence-electron chi connectivity index (χ4n) is 3.36. The topological polar surface area (TPSA) is 20.2 Å². The third-order valence-electron chi connectivity index (χ3n) is 4.37. The number of hydrogen-bond donors (Lipinski definition) is 1. The van der Waals surface area contributed by atoms with Crippen LogP contribution in [-0.2, 0) is 5.41 Å². The Kier molecular flexibility index (Phi) is 1.88. The van der Waals surface area contributed by atoms with Crippen LogP contribution in [0.15, 0.2) is 30.3 Å². The molecular formula is C13H15BrO. The minimum Gasteiger partial charge on any atom is -0.392 e. The van der Waals surface area contributed by atoms with Gasteiger partial charge in [-0.15, -0.1) is 0 Å². The highest BCUT2D eigenvalue weighted by Gasteiger charge is 2.76. The summed E-state index contributed by atoms with van der Waals surface area (Å²) in [5.74, 6) is 0.563. The van der Waals surface area contributed by atoms with Crippen molar-refractivity contribution < 1.29 is 5.11 Å². The van der Waals surface area contributed by atoms with Crippen molar-refractivity contribution in [1.82, 2.24) is 0 Å². The zero-order valence-electron chi connectivity index (χ0n) is 8.78. The van der Waals surface area contributed by atoms with Gasteiger partial charge in [-0.25, -0.2) is 0 Å². The lowest BCUT2D eigenvalue weighted by molar-refractivity contribution is 0.136. The number of alkyl halides is 1. The number of hydrogen-bond acceptors (Lipinski definition) is 1. The van der Waals surface area contributed by atoms with E-state index < -0.39 is 0 Å². The van der Waals surface area contributed by atoms with Gasteiger partial charge in [0.1, 0.15) is 0 Å². The molecule has 1 aromatic carbocycles. The lowest BCUT2D eigenvalue weighted by atomic mass is 9.91. The summed E-state index contributed by atoms with van der Waals surface area (Å²) in [6, 6.07) is 10.4. The molecule has 2 fully saturated rings. The number of rotatable bonds is 1. The number of halogens is 1. The Morgan fingerprint density at radius 3 is 2.47 bits per heavy atom. The summed E-state index contributed by atoms with van der Waals surface area (Å²) in [5.41, 5.74) is 1.28. The average Bonchev–Trinajstić information content (AvgIpc) is 2.84. The van der Waals surface area contributed by atoms with Gasteiger partial charge in [-0.2, -0.15) is 0 Å². The van der Waals surface area contributed by atoms with Gasteiger partial charge in [-0.1, -0.05) is 53.2 Å². The molecule has 4 unspecified atom stereocenters. The average molecular weight is 267 g/mol. The Morgan fingerprint density at radius 2 is 2.00 bits per heavy atom. The van der Waals surface area contributed by atoms with E-state index in [-0.39, 0.29) is 15.8 Å². The van der Waals surface area contributed by atoms with E-state index in [0.717, 1.165) is 12.8 Å². The summed E-state index contributed by atoms with van der Waals surface area (Å²) in [6.45, 7) is 2.23. The van der Waals surface area contributed by atoms with Crippen molar-refractivity contribution in [2.45, 2.75) is 35.6 Å². The highest BCUT2D eigenvalue weighted by Crippen LogP contribution is 2.74.